The minimum absolute atomic E-state index is 0.226. The molecule has 0 aliphatic carbocycles. The lowest BCUT2D eigenvalue weighted by molar-refractivity contribution is -0.143. The Morgan fingerprint density at radius 1 is 1.44 bits per heavy atom. The van der Waals surface area contributed by atoms with Crippen LogP contribution in [0.15, 0.2) is 24.3 Å². The summed E-state index contributed by atoms with van der Waals surface area (Å²) in [5.41, 5.74) is 1.80. The van der Waals surface area contributed by atoms with E-state index >= 15 is 0 Å². The Balaban J connectivity index is 2.52. The van der Waals surface area contributed by atoms with Gasteiger partial charge in [0.15, 0.2) is 0 Å². The molecule has 1 N–H and O–H groups in total. The molecule has 0 aromatic heterocycles. The summed E-state index contributed by atoms with van der Waals surface area (Å²) in [6.45, 7) is 2.65. The fourth-order valence-corrected chi connectivity index (χ4v) is 1.71. The van der Waals surface area contributed by atoms with E-state index in [1.165, 1.54) is 0 Å². The van der Waals surface area contributed by atoms with Crippen LogP contribution in [0, 0.1) is 0 Å². The van der Waals surface area contributed by atoms with Crippen molar-refractivity contribution in [2.24, 2.45) is 0 Å². The maximum atomic E-state index is 11.2. The number of methoxy groups -OCH3 is 1. The van der Waals surface area contributed by atoms with Gasteiger partial charge in [-0.15, -0.1) is 0 Å². The molecule has 1 rings (SSSR count). The minimum Gasteiger partial charge on any atom is -0.466 e. The van der Waals surface area contributed by atoms with Crippen LogP contribution < -0.4 is 0 Å². The van der Waals surface area contributed by atoms with Crippen molar-refractivity contribution in [3.8, 4) is 0 Å². The number of hydrogen-bond donors (Lipinski definition) is 1. The van der Waals surface area contributed by atoms with E-state index < -0.39 is 6.10 Å². The monoisotopic (exact) mass is 252 g/mol. The summed E-state index contributed by atoms with van der Waals surface area (Å²) in [4.78, 5) is 11.2. The molecule has 0 radical (unpaired) electrons. The molecule has 0 aliphatic rings. The van der Waals surface area contributed by atoms with Crippen molar-refractivity contribution in [2.75, 3.05) is 13.7 Å². The van der Waals surface area contributed by atoms with Crippen molar-refractivity contribution in [3.63, 3.8) is 0 Å². The maximum Gasteiger partial charge on any atom is 0.305 e. The van der Waals surface area contributed by atoms with E-state index in [0.717, 1.165) is 11.1 Å². The van der Waals surface area contributed by atoms with E-state index in [4.69, 9.17) is 9.47 Å². The summed E-state index contributed by atoms with van der Waals surface area (Å²) in [6.07, 6.45) is -0.0510. The number of hydrogen-bond acceptors (Lipinski definition) is 4. The van der Waals surface area contributed by atoms with E-state index in [1.807, 2.05) is 24.3 Å². The van der Waals surface area contributed by atoms with Gasteiger partial charge < -0.3 is 14.6 Å². The molecule has 0 heterocycles. The molecule has 1 aromatic carbocycles. The van der Waals surface area contributed by atoms with E-state index in [9.17, 15) is 9.90 Å². The van der Waals surface area contributed by atoms with Gasteiger partial charge in [-0.25, -0.2) is 0 Å². The van der Waals surface area contributed by atoms with Crippen LogP contribution in [0.25, 0.3) is 0 Å². The van der Waals surface area contributed by atoms with Crippen LogP contribution in [0.3, 0.4) is 0 Å². The lowest BCUT2D eigenvalue weighted by Gasteiger charge is -2.11. The van der Waals surface area contributed by atoms with Gasteiger partial charge in [-0.2, -0.15) is 0 Å². The summed E-state index contributed by atoms with van der Waals surface area (Å²) in [5.74, 6) is -0.274. The van der Waals surface area contributed by atoms with Gasteiger partial charge in [0.05, 0.1) is 19.3 Å². The second-order valence-corrected chi connectivity index (χ2v) is 4.04. The first-order chi connectivity index (χ1) is 8.67. The van der Waals surface area contributed by atoms with Crippen molar-refractivity contribution < 1.29 is 19.4 Å². The molecule has 1 atom stereocenters. The Morgan fingerprint density at radius 2 is 2.22 bits per heavy atom. The summed E-state index contributed by atoms with van der Waals surface area (Å²) in [7, 11) is 1.63. The highest BCUT2D eigenvalue weighted by atomic mass is 16.5. The van der Waals surface area contributed by atoms with E-state index in [2.05, 4.69) is 0 Å². The van der Waals surface area contributed by atoms with Gasteiger partial charge in [-0.05, 0) is 24.5 Å². The highest BCUT2D eigenvalue weighted by Crippen LogP contribution is 2.20. The minimum atomic E-state index is -0.647. The number of rotatable bonds is 7. The van der Waals surface area contributed by atoms with Gasteiger partial charge in [0.2, 0.25) is 0 Å². The average molecular weight is 252 g/mol. The lowest BCUT2D eigenvalue weighted by atomic mass is 10.0. The molecule has 18 heavy (non-hydrogen) atoms. The third kappa shape index (κ3) is 4.85. The average Bonchev–Trinajstić information content (AvgIpc) is 2.37. The number of carbonyl (C=O) groups is 1. The molecule has 4 nitrogen and oxygen atoms in total. The molecular weight excluding hydrogens is 232 g/mol. The smallest absolute Gasteiger partial charge is 0.305 e. The van der Waals surface area contributed by atoms with Crippen LogP contribution in [0.4, 0.5) is 0 Å². The largest absolute Gasteiger partial charge is 0.466 e. The summed E-state index contributed by atoms with van der Waals surface area (Å²) >= 11 is 0. The quantitative estimate of drug-likeness (QED) is 0.756. The maximum absolute atomic E-state index is 11.2. The zero-order chi connectivity index (χ0) is 13.4. The van der Waals surface area contributed by atoms with Crippen molar-refractivity contribution in [3.05, 3.63) is 35.4 Å². The van der Waals surface area contributed by atoms with Gasteiger partial charge in [-0.1, -0.05) is 24.3 Å². The SMILES string of the molecule is CCOC(=O)CCC(O)c1cccc(COC)c1. The van der Waals surface area contributed by atoms with Crippen LogP contribution in [0.1, 0.15) is 37.0 Å². The Kier molecular flexibility index (Phi) is 6.39. The van der Waals surface area contributed by atoms with Gasteiger partial charge in [0.1, 0.15) is 0 Å². The number of aliphatic hydroxyl groups is 1. The number of esters is 1. The van der Waals surface area contributed by atoms with Crippen molar-refractivity contribution >= 4 is 5.97 Å². The van der Waals surface area contributed by atoms with Crippen LogP contribution in [-0.2, 0) is 20.9 Å². The van der Waals surface area contributed by atoms with Crippen molar-refractivity contribution in [2.45, 2.75) is 32.5 Å². The van der Waals surface area contributed by atoms with Gasteiger partial charge in [0.25, 0.3) is 0 Å². The molecule has 0 bridgehead atoms. The van der Waals surface area contributed by atoms with Crippen molar-refractivity contribution in [1.82, 2.24) is 0 Å². The van der Waals surface area contributed by atoms with Crippen LogP contribution in [0.5, 0.6) is 0 Å². The van der Waals surface area contributed by atoms with Gasteiger partial charge >= 0.3 is 5.97 Å². The molecule has 0 fully saturated rings. The van der Waals surface area contributed by atoms with E-state index in [-0.39, 0.29) is 12.4 Å². The molecule has 4 heteroatoms. The Hall–Kier alpha value is -1.39. The summed E-state index contributed by atoms with van der Waals surface area (Å²) < 4.78 is 9.86. The summed E-state index contributed by atoms with van der Waals surface area (Å²) in [5, 5.41) is 9.98. The third-order valence-electron chi connectivity index (χ3n) is 2.57. The molecular formula is C14H20O4. The van der Waals surface area contributed by atoms with Crippen LogP contribution in [0.2, 0.25) is 0 Å². The van der Waals surface area contributed by atoms with E-state index in [1.54, 1.807) is 14.0 Å². The predicted octanol–water partition coefficient (Wildman–Crippen LogP) is 2.21. The Bertz CT molecular complexity index is 376. The molecule has 100 valence electrons. The highest BCUT2D eigenvalue weighted by Gasteiger charge is 2.11. The first kappa shape index (κ1) is 14.7. The number of ether oxygens (including phenoxy) is 2. The first-order valence-electron chi connectivity index (χ1n) is 6.08. The van der Waals surface area contributed by atoms with Crippen molar-refractivity contribution in [1.29, 1.82) is 0 Å². The molecule has 0 aliphatic heterocycles. The number of aliphatic hydroxyl groups excluding tert-OH is 1. The standard InChI is InChI=1S/C14H20O4/c1-3-18-14(16)8-7-13(15)12-6-4-5-11(9-12)10-17-2/h4-6,9,13,15H,3,7-8,10H2,1-2H3. The van der Waals surface area contributed by atoms with Crippen LogP contribution >= 0.6 is 0 Å². The number of benzene rings is 1. The van der Waals surface area contributed by atoms with Crippen LogP contribution in [-0.4, -0.2) is 24.8 Å². The second kappa shape index (κ2) is 7.84. The lowest BCUT2D eigenvalue weighted by Crippen LogP contribution is -2.07. The molecule has 1 unspecified atom stereocenters. The normalized spacial score (nSPS) is 12.2. The fraction of sp³-hybridized carbons (Fsp3) is 0.500. The van der Waals surface area contributed by atoms with Gasteiger partial charge in [0, 0.05) is 13.5 Å². The Labute approximate surface area is 108 Å². The zero-order valence-electron chi connectivity index (χ0n) is 10.9. The molecule has 0 saturated heterocycles. The Morgan fingerprint density at radius 3 is 2.89 bits per heavy atom. The van der Waals surface area contributed by atoms with E-state index in [0.29, 0.717) is 19.6 Å². The fourth-order valence-electron chi connectivity index (χ4n) is 1.71. The van der Waals surface area contributed by atoms with Gasteiger partial charge in [-0.3, -0.25) is 4.79 Å². The third-order valence-corrected chi connectivity index (χ3v) is 2.57. The molecule has 0 amide bonds. The molecule has 1 aromatic rings. The topological polar surface area (TPSA) is 55.8 Å². The highest BCUT2D eigenvalue weighted by molar-refractivity contribution is 5.69. The zero-order valence-corrected chi connectivity index (χ0v) is 10.9. The predicted molar refractivity (Wildman–Crippen MR) is 68.0 cm³/mol. The first-order valence-corrected chi connectivity index (χ1v) is 6.08. The summed E-state index contributed by atoms with van der Waals surface area (Å²) in [6, 6.07) is 7.54. The molecule has 0 spiro atoms. The second-order valence-electron chi connectivity index (χ2n) is 4.04. The number of carbonyl (C=O) groups excluding carboxylic acids is 1. The molecule has 0 saturated carbocycles.